The fourth-order valence-corrected chi connectivity index (χ4v) is 4.39. The second-order valence-corrected chi connectivity index (χ2v) is 8.69. The predicted molar refractivity (Wildman–Crippen MR) is 127 cm³/mol. The molecule has 7 nitrogen and oxygen atoms in total. The molecule has 1 aliphatic carbocycles. The number of hydrogen-bond acceptors (Lipinski definition) is 6. The van der Waals surface area contributed by atoms with Crippen LogP contribution in [0.25, 0.3) is 0 Å². The molecule has 0 bridgehead atoms. The molecule has 158 valence electrons. The number of nitrogens with zero attached hydrogens (tertiary/aromatic N) is 5. The van der Waals surface area contributed by atoms with Crippen LogP contribution in [0.2, 0.25) is 0 Å². The standard InChI is InChI=1S/C22H29N7S/c30-22(23-17-8-9-17)26-21-24-19(28-10-4-5-11-28)16-20(25-21)29-14-12-27(13-15-29)18-6-2-1-3-7-18/h1-3,6-7,16-17H,4-5,8-15H2,(H2,23,24,25,26,30). The third-order valence-corrected chi connectivity index (χ3v) is 6.21. The van der Waals surface area contributed by atoms with Gasteiger partial charge in [0.2, 0.25) is 5.95 Å². The van der Waals surface area contributed by atoms with Crippen LogP contribution in [0.5, 0.6) is 0 Å². The fourth-order valence-electron chi connectivity index (χ4n) is 4.13. The van der Waals surface area contributed by atoms with Crippen molar-refractivity contribution in [3.05, 3.63) is 36.4 Å². The number of hydrogen-bond donors (Lipinski definition) is 2. The Bertz CT molecular complexity index is 872. The first-order valence-corrected chi connectivity index (χ1v) is 11.4. The van der Waals surface area contributed by atoms with E-state index in [1.165, 1.54) is 31.4 Å². The van der Waals surface area contributed by atoms with Crippen LogP contribution < -0.4 is 25.3 Å². The molecule has 0 spiro atoms. The minimum Gasteiger partial charge on any atom is -0.368 e. The summed E-state index contributed by atoms with van der Waals surface area (Å²) in [6, 6.07) is 13.3. The highest BCUT2D eigenvalue weighted by atomic mass is 32.1. The van der Waals surface area contributed by atoms with Crippen LogP contribution in [0.4, 0.5) is 23.3 Å². The van der Waals surface area contributed by atoms with Gasteiger partial charge in [-0.1, -0.05) is 18.2 Å². The van der Waals surface area contributed by atoms with Crippen molar-refractivity contribution < 1.29 is 0 Å². The lowest BCUT2D eigenvalue weighted by atomic mass is 10.2. The molecule has 3 heterocycles. The van der Waals surface area contributed by atoms with Crippen LogP contribution in [0.1, 0.15) is 25.7 Å². The number of rotatable bonds is 5. The van der Waals surface area contributed by atoms with E-state index in [0.717, 1.165) is 50.9 Å². The summed E-state index contributed by atoms with van der Waals surface area (Å²) in [4.78, 5) is 16.8. The van der Waals surface area contributed by atoms with Crippen molar-refractivity contribution in [1.82, 2.24) is 15.3 Å². The van der Waals surface area contributed by atoms with Gasteiger partial charge in [0.1, 0.15) is 11.6 Å². The van der Waals surface area contributed by atoms with Gasteiger partial charge in [0.05, 0.1) is 0 Å². The van der Waals surface area contributed by atoms with E-state index in [1.807, 2.05) is 0 Å². The maximum Gasteiger partial charge on any atom is 0.232 e. The summed E-state index contributed by atoms with van der Waals surface area (Å²) in [7, 11) is 0. The third-order valence-electron chi connectivity index (χ3n) is 5.99. The normalized spacial score (nSPS) is 19.1. The van der Waals surface area contributed by atoms with E-state index in [-0.39, 0.29) is 0 Å². The molecule has 3 aliphatic rings. The molecular weight excluding hydrogens is 394 g/mol. The summed E-state index contributed by atoms with van der Waals surface area (Å²) in [5.41, 5.74) is 1.29. The van der Waals surface area contributed by atoms with Crippen molar-refractivity contribution >= 4 is 40.6 Å². The number of benzene rings is 1. The Morgan fingerprint density at radius 2 is 1.43 bits per heavy atom. The third kappa shape index (κ3) is 4.59. The van der Waals surface area contributed by atoms with E-state index in [9.17, 15) is 0 Å². The van der Waals surface area contributed by atoms with Crippen LogP contribution in [-0.4, -0.2) is 60.4 Å². The van der Waals surface area contributed by atoms with Crippen LogP contribution in [0.15, 0.2) is 36.4 Å². The number of anilines is 4. The average Bonchev–Trinajstić information content (AvgIpc) is 3.41. The first-order chi connectivity index (χ1) is 14.7. The Morgan fingerprint density at radius 1 is 0.833 bits per heavy atom. The van der Waals surface area contributed by atoms with Gasteiger partial charge in [0.15, 0.2) is 5.11 Å². The molecule has 8 heteroatoms. The number of para-hydroxylation sites is 1. The molecule has 2 N–H and O–H groups in total. The molecule has 0 atom stereocenters. The molecule has 2 aromatic rings. The molecule has 5 rings (SSSR count). The first-order valence-electron chi connectivity index (χ1n) is 11.0. The highest BCUT2D eigenvalue weighted by molar-refractivity contribution is 7.80. The molecule has 0 amide bonds. The van der Waals surface area contributed by atoms with Gasteiger partial charge in [-0.05, 0) is 50.0 Å². The average molecular weight is 424 g/mol. The maximum atomic E-state index is 5.46. The summed E-state index contributed by atoms with van der Waals surface area (Å²) in [6.45, 7) is 5.96. The van der Waals surface area contributed by atoms with Crippen LogP contribution in [0.3, 0.4) is 0 Å². The largest absolute Gasteiger partial charge is 0.368 e. The van der Waals surface area contributed by atoms with Gasteiger partial charge in [0, 0.05) is 57.1 Å². The fraction of sp³-hybridized carbons (Fsp3) is 0.500. The Balaban J connectivity index is 1.32. The van der Waals surface area contributed by atoms with Crippen molar-refractivity contribution in [2.45, 2.75) is 31.7 Å². The van der Waals surface area contributed by atoms with Crippen molar-refractivity contribution in [3.8, 4) is 0 Å². The Kier molecular flexibility index (Phi) is 5.57. The van der Waals surface area contributed by atoms with E-state index in [1.54, 1.807) is 0 Å². The highest BCUT2D eigenvalue weighted by Gasteiger charge is 2.24. The molecule has 1 aromatic carbocycles. The molecule has 30 heavy (non-hydrogen) atoms. The lowest BCUT2D eigenvalue weighted by molar-refractivity contribution is 0.647. The highest BCUT2D eigenvalue weighted by Crippen LogP contribution is 2.26. The molecule has 1 aromatic heterocycles. The summed E-state index contributed by atoms with van der Waals surface area (Å²) in [6.07, 6.45) is 4.82. The monoisotopic (exact) mass is 423 g/mol. The van der Waals surface area contributed by atoms with Gasteiger partial charge in [-0.15, -0.1) is 0 Å². The summed E-state index contributed by atoms with van der Waals surface area (Å²) in [5.74, 6) is 2.58. The quantitative estimate of drug-likeness (QED) is 0.712. The van der Waals surface area contributed by atoms with Crippen molar-refractivity contribution in [1.29, 1.82) is 0 Å². The number of thiocarbonyl (C=S) groups is 1. The van der Waals surface area contributed by atoms with Crippen LogP contribution in [-0.2, 0) is 0 Å². The maximum absolute atomic E-state index is 5.46. The minimum absolute atomic E-state index is 0.511. The van der Waals surface area contributed by atoms with E-state index in [4.69, 9.17) is 22.2 Å². The zero-order valence-corrected chi connectivity index (χ0v) is 18.1. The molecule has 0 unspecified atom stereocenters. The Hall–Kier alpha value is -2.61. The molecule has 2 aliphatic heterocycles. The molecule has 0 radical (unpaired) electrons. The predicted octanol–water partition coefficient (Wildman–Crippen LogP) is 2.85. The van der Waals surface area contributed by atoms with E-state index >= 15 is 0 Å². The number of aromatic nitrogens is 2. The van der Waals surface area contributed by atoms with Gasteiger partial charge >= 0.3 is 0 Å². The molecule has 3 fully saturated rings. The van der Waals surface area contributed by atoms with Gasteiger partial charge in [0.25, 0.3) is 0 Å². The number of piperazine rings is 1. The molecule has 1 saturated carbocycles. The SMILES string of the molecule is S=C(Nc1nc(N2CCCC2)cc(N2CCN(c3ccccc3)CC2)n1)NC1CC1. The van der Waals surface area contributed by atoms with Crippen molar-refractivity contribution in [3.63, 3.8) is 0 Å². The first kappa shape index (κ1) is 19.4. The van der Waals surface area contributed by atoms with E-state index in [2.05, 4.69) is 61.7 Å². The summed E-state index contributed by atoms with van der Waals surface area (Å²) < 4.78 is 0. The van der Waals surface area contributed by atoms with Crippen LogP contribution in [0, 0.1) is 0 Å². The summed E-state index contributed by atoms with van der Waals surface area (Å²) >= 11 is 5.46. The van der Waals surface area contributed by atoms with Gasteiger partial charge in [-0.3, -0.25) is 0 Å². The van der Waals surface area contributed by atoms with Gasteiger partial charge in [-0.25, -0.2) is 0 Å². The minimum atomic E-state index is 0.511. The van der Waals surface area contributed by atoms with E-state index < -0.39 is 0 Å². The van der Waals surface area contributed by atoms with Gasteiger partial charge in [-0.2, -0.15) is 9.97 Å². The van der Waals surface area contributed by atoms with Crippen molar-refractivity contribution in [2.75, 3.05) is 59.3 Å². The van der Waals surface area contributed by atoms with Crippen molar-refractivity contribution in [2.24, 2.45) is 0 Å². The molecular formula is C22H29N7S. The Labute approximate surface area is 183 Å². The zero-order chi connectivity index (χ0) is 20.3. The number of nitrogens with one attached hydrogen (secondary N) is 2. The zero-order valence-electron chi connectivity index (χ0n) is 17.3. The lowest BCUT2D eigenvalue weighted by Crippen LogP contribution is -2.47. The summed E-state index contributed by atoms with van der Waals surface area (Å²) in [5, 5.41) is 7.17. The Morgan fingerprint density at radius 3 is 2.07 bits per heavy atom. The second-order valence-electron chi connectivity index (χ2n) is 8.28. The van der Waals surface area contributed by atoms with E-state index in [0.29, 0.717) is 17.1 Å². The van der Waals surface area contributed by atoms with Crippen LogP contribution >= 0.6 is 12.2 Å². The lowest BCUT2D eigenvalue weighted by Gasteiger charge is -2.37. The topological polar surface area (TPSA) is 59.6 Å². The second kappa shape index (κ2) is 8.63. The molecule has 2 saturated heterocycles. The van der Waals surface area contributed by atoms with Gasteiger partial charge < -0.3 is 25.3 Å². The smallest absolute Gasteiger partial charge is 0.232 e.